The van der Waals surface area contributed by atoms with Crippen LogP contribution in [0.5, 0.6) is 5.75 Å². The lowest BCUT2D eigenvalue weighted by Gasteiger charge is -2.36. The third-order valence-corrected chi connectivity index (χ3v) is 3.78. The SMILES string of the molecule is CN(C)C(C)(COc1ccc(Cl)cc1)Cn1ccnc1. The highest BCUT2D eigenvalue weighted by molar-refractivity contribution is 6.30. The maximum atomic E-state index is 5.90. The van der Waals surface area contributed by atoms with Crippen LogP contribution in [0.2, 0.25) is 5.02 Å². The fraction of sp³-hybridized carbons (Fsp3) is 0.400. The Morgan fingerprint density at radius 2 is 2.00 bits per heavy atom. The molecule has 1 aromatic carbocycles. The lowest BCUT2D eigenvalue weighted by molar-refractivity contribution is 0.0804. The molecule has 0 saturated carbocycles. The fourth-order valence-corrected chi connectivity index (χ4v) is 1.99. The molecular formula is C15H20ClN3O. The Bertz CT molecular complexity index is 525. The normalized spacial score (nSPS) is 14.2. The van der Waals surface area contributed by atoms with E-state index in [0.29, 0.717) is 11.6 Å². The Morgan fingerprint density at radius 1 is 1.30 bits per heavy atom. The summed E-state index contributed by atoms with van der Waals surface area (Å²) in [5.41, 5.74) is -0.125. The van der Waals surface area contributed by atoms with E-state index in [9.17, 15) is 0 Å². The molecule has 0 saturated heterocycles. The number of rotatable bonds is 6. The topological polar surface area (TPSA) is 30.3 Å². The molecule has 5 heteroatoms. The Kier molecular flexibility index (Phi) is 4.68. The third kappa shape index (κ3) is 3.74. The maximum Gasteiger partial charge on any atom is 0.119 e. The van der Waals surface area contributed by atoms with E-state index in [-0.39, 0.29) is 5.54 Å². The van der Waals surface area contributed by atoms with Gasteiger partial charge in [0, 0.05) is 24.0 Å². The lowest BCUT2D eigenvalue weighted by atomic mass is 10.0. The van der Waals surface area contributed by atoms with Gasteiger partial charge in [-0.1, -0.05) is 11.6 Å². The Labute approximate surface area is 124 Å². The molecule has 0 aliphatic rings. The zero-order valence-electron chi connectivity index (χ0n) is 12.1. The number of imidazole rings is 1. The minimum absolute atomic E-state index is 0.125. The van der Waals surface area contributed by atoms with Crippen molar-refractivity contribution >= 4 is 11.6 Å². The van der Waals surface area contributed by atoms with Gasteiger partial charge in [-0.25, -0.2) is 4.98 Å². The molecule has 20 heavy (non-hydrogen) atoms. The van der Waals surface area contributed by atoms with Crippen molar-refractivity contribution in [3.8, 4) is 5.75 Å². The van der Waals surface area contributed by atoms with Crippen molar-refractivity contribution in [1.82, 2.24) is 14.5 Å². The van der Waals surface area contributed by atoms with Gasteiger partial charge in [-0.15, -0.1) is 0 Å². The maximum absolute atomic E-state index is 5.90. The average molecular weight is 294 g/mol. The van der Waals surface area contributed by atoms with Crippen LogP contribution in [-0.4, -0.2) is 40.7 Å². The van der Waals surface area contributed by atoms with E-state index < -0.39 is 0 Å². The number of halogens is 1. The van der Waals surface area contributed by atoms with Crippen molar-refractivity contribution in [2.45, 2.75) is 19.0 Å². The summed E-state index contributed by atoms with van der Waals surface area (Å²) >= 11 is 5.87. The number of aromatic nitrogens is 2. The predicted molar refractivity (Wildman–Crippen MR) is 81.3 cm³/mol. The van der Waals surface area contributed by atoms with Gasteiger partial charge >= 0.3 is 0 Å². The van der Waals surface area contributed by atoms with Crippen LogP contribution < -0.4 is 4.74 Å². The summed E-state index contributed by atoms with van der Waals surface area (Å²) in [5, 5.41) is 0.714. The summed E-state index contributed by atoms with van der Waals surface area (Å²) in [6.07, 6.45) is 5.57. The summed E-state index contributed by atoms with van der Waals surface area (Å²) in [6.45, 7) is 3.57. The van der Waals surface area contributed by atoms with Crippen molar-refractivity contribution in [3.05, 3.63) is 48.0 Å². The molecule has 4 nitrogen and oxygen atoms in total. The van der Waals surface area contributed by atoms with Gasteiger partial charge in [0.15, 0.2) is 0 Å². The summed E-state index contributed by atoms with van der Waals surface area (Å²) in [5.74, 6) is 0.827. The highest BCUT2D eigenvalue weighted by Crippen LogP contribution is 2.20. The molecule has 1 unspecified atom stereocenters. The molecule has 0 radical (unpaired) electrons. The van der Waals surface area contributed by atoms with E-state index in [2.05, 4.69) is 35.5 Å². The molecule has 0 spiro atoms. The smallest absolute Gasteiger partial charge is 0.119 e. The van der Waals surface area contributed by atoms with Crippen LogP contribution in [-0.2, 0) is 6.54 Å². The zero-order valence-corrected chi connectivity index (χ0v) is 12.8. The third-order valence-electron chi connectivity index (χ3n) is 3.53. The second-order valence-corrected chi connectivity index (χ2v) is 5.81. The Hall–Kier alpha value is -1.52. The van der Waals surface area contributed by atoms with Crippen molar-refractivity contribution in [1.29, 1.82) is 0 Å². The number of hydrogen-bond donors (Lipinski definition) is 0. The minimum Gasteiger partial charge on any atom is -0.492 e. The fourth-order valence-electron chi connectivity index (χ4n) is 1.86. The van der Waals surface area contributed by atoms with Gasteiger partial charge in [-0.2, -0.15) is 0 Å². The van der Waals surface area contributed by atoms with Gasteiger partial charge in [-0.3, -0.25) is 4.90 Å². The van der Waals surface area contributed by atoms with Gasteiger partial charge < -0.3 is 9.30 Å². The number of nitrogens with zero attached hydrogens (tertiary/aromatic N) is 3. The highest BCUT2D eigenvalue weighted by Gasteiger charge is 2.28. The van der Waals surface area contributed by atoms with Gasteiger partial charge in [0.2, 0.25) is 0 Å². The molecule has 0 aliphatic carbocycles. The van der Waals surface area contributed by atoms with Crippen molar-refractivity contribution in [2.75, 3.05) is 20.7 Å². The molecule has 2 aromatic rings. The largest absolute Gasteiger partial charge is 0.492 e. The summed E-state index contributed by atoms with van der Waals surface area (Å²) in [7, 11) is 4.12. The van der Waals surface area contributed by atoms with E-state index in [1.54, 1.807) is 6.20 Å². The van der Waals surface area contributed by atoms with Crippen molar-refractivity contribution in [3.63, 3.8) is 0 Å². The molecule has 0 amide bonds. The lowest BCUT2D eigenvalue weighted by Crippen LogP contribution is -2.49. The van der Waals surface area contributed by atoms with E-state index >= 15 is 0 Å². The van der Waals surface area contributed by atoms with Gasteiger partial charge in [0.05, 0.1) is 11.9 Å². The number of ether oxygens (including phenoxy) is 1. The van der Waals surface area contributed by atoms with Crippen LogP contribution in [0.25, 0.3) is 0 Å². The van der Waals surface area contributed by atoms with E-state index in [0.717, 1.165) is 12.3 Å². The average Bonchev–Trinajstić information content (AvgIpc) is 2.90. The van der Waals surface area contributed by atoms with Crippen LogP contribution >= 0.6 is 11.6 Å². The van der Waals surface area contributed by atoms with Gasteiger partial charge in [0.1, 0.15) is 12.4 Å². The molecule has 0 bridgehead atoms. The second kappa shape index (κ2) is 6.29. The van der Waals surface area contributed by atoms with E-state index in [1.165, 1.54) is 0 Å². The number of hydrogen-bond acceptors (Lipinski definition) is 3. The Balaban J connectivity index is 2.03. The monoisotopic (exact) mass is 293 g/mol. The van der Waals surface area contributed by atoms with Gasteiger partial charge in [0.25, 0.3) is 0 Å². The number of benzene rings is 1. The molecular weight excluding hydrogens is 274 g/mol. The van der Waals surface area contributed by atoms with Crippen LogP contribution in [0.4, 0.5) is 0 Å². The van der Waals surface area contributed by atoms with E-state index in [4.69, 9.17) is 16.3 Å². The number of likely N-dealkylation sites (N-methyl/N-ethyl adjacent to an activating group) is 1. The van der Waals surface area contributed by atoms with Crippen LogP contribution in [0.15, 0.2) is 43.0 Å². The molecule has 0 fully saturated rings. The first-order valence-corrected chi connectivity index (χ1v) is 6.89. The second-order valence-electron chi connectivity index (χ2n) is 5.37. The standard InChI is InChI=1S/C15H20ClN3O/c1-15(18(2)3,10-19-9-8-17-12-19)11-20-14-6-4-13(16)5-7-14/h4-9,12H,10-11H2,1-3H3. The predicted octanol–water partition coefficient (Wildman–Crippen LogP) is 2.94. The zero-order chi connectivity index (χ0) is 14.6. The van der Waals surface area contributed by atoms with Crippen molar-refractivity contribution in [2.24, 2.45) is 0 Å². The minimum atomic E-state index is -0.125. The Morgan fingerprint density at radius 3 is 2.55 bits per heavy atom. The quantitative estimate of drug-likeness (QED) is 0.820. The molecule has 1 heterocycles. The molecule has 1 atom stereocenters. The van der Waals surface area contributed by atoms with Gasteiger partial charge in [-0.05, 0) is 45.3 Å². The first-order valence-electron chi connectivity index (χ1n) is 6.51. The van der Waals surface area contributed by atoms with Crippen LogP contribution in [0.1, 0.15) is 6.92 Å². The summed E-state index contributed by atoms with van der Waals surface area (Å²) < 4.78 is 7.96. The van der Waals surface area contributed by atoms with Crippen LogP contribution in [0.3, 0.4) is 0 Å². The summed E-state index contributed by atoms with van der Waals surface area (Å²) in [6, 6.07) is 7.44. The van der Waals surface area contributed by atoms with Crippen LogP contribution in [0, 0.1) is 0 Å². The molecule has 0 N–H and O–H groups in total. The molecule has 108 valence electrons. The molecule has 1 aromatic heterocycles. The first kappa shape index (κ1) is 14.9. The first-order chi connectivity index (χ1) is 9.49. The highest BCUT2D eigenvalue weighted by atomic mass is 35.5. The summed E-state index contributed by atoms with van der Waals surface area (Å²) in [4.78, 5) is 6.25. The molecule has 0 aliphatic heterocycles. The van der Waals surface area contributed by atoms with Crippen molar-refractivity contribution < 1.29 is 4.74 Å². The van der Waals surface area contributed by atoms with E-state index in [1.807, 2.05) is 36.8 Å². The molecule has 2 rings (SSSR count).